The molecule has 0 radical (unpaired) electrons. The number of carbonyl (C=O) groups excluding carboxylic acids is 1. The monoisotopic (exact) mass is 214 g/mol. The van der Waals surface area contributed by atoms with Gasteiger partial charge in [-0.2, -0.15) is 0 Å². The Morgan fingerprint density at radius 2 is 2.07 bits per heavy atom. The van der Waals surface area contributed by atoms with E-state index in [2.05, 4.69) is 0 Å². The van der Waals surface area contributed by atoms with E-state index < -0.39 is 17.6 Å². The summed E-state index contributed by atoms with van der Waals surface area (Å²) >= 11 is 0. The van der Waals surface area contributed by atoms with Gasteiger partial charge in [-0.05, 0) is 31.0 Å². The van der Waals surface area contributed by atoms with Gasteiger partial charge < -0.3 is 4.74 Å². The smallest absolute Gasteiger partial charge is 0.310 e. The van der Waals surface area contributed by atoms with Crippen LogP contribution >= 0.6 is 0 Å². The summed E-state index contributed by atoms with van der Waals surface area (Å²) in [5.74, 6) is -2.25. The molecular weight excluding hydrogens is 202 g/mol. The van der Waals surface area contributed by atoms with Gasteiger partial charge in [0.25, 0.3) is 0 Å². The van der Waals surface area contributed by atoms with Crippen molar-refractivity contribution >= 4 is 5.97 Å². The summed E-state index contributed by atoms with van der Waals surface area (Å²) in [5.41, 5.74) is 0.607. The predicted molar refractivity (Wildman–Crippen MR) is 51.4 cm³/mol. The summed E-state index contributed by atoms with van der Waals surface area (Å²) in [5, 5.41) is 0. The lowest BCUT2D eigenvalue weighted by Gasteiger charge is -2.06. The quantitative estimate of drug-likeness (QED) is 0.722. The number of ether oxygens (including phenoxy) is 1. The molecule has 0 aliphatic heterocycles. The Hall–Kier alpha value is -1.45. The van der Waals surface area contributed by atoms with Crippen LogP contribution in [0.3, 0.4) is 0 Å². The number of rotatable bonds is 3. The molecule has 1 rings (SSSR count). The van der Waals surface area contributed by atoms with Crippen molar-refractivity contribution in [2.45, 2.75) is 20.3 Å². The fraction of sp³-hybridized carbons (Fsp3) is 0.364. The van der Waals surface area contributed by atoms with Gasteiger partial charge in [0.05, 0.1) is 13.0 Å². The van der Waals surface area contributed by atoms with Crippen LogP contribution in [0, 0.1) is 18.6 Å². The summed E-state index contributed by atoms with van der Waals surface area (Å²) in [7, 11) is 0. The van der Waals surface area contributed by atoms with E-state index in [1.54, 1.807) is 6.92 Å². The van der Waals surface area contributed by atoms with E-state index in [4.69, 9.17) is 4.74 Å². The molecule has 0 spiro atoms. The molecule has 0 saturated heterocycles. The van der Waals surface area contributed by atoms with Gasteiger partial charge in [0, 0.05) is 0 Å². The minimum Gasteiger partial charge on any atom is -0.466 e. The molecule has 0 aliphatic rings. The largest absolute Gasteiger partial charge is 0.466 e. The molecule has 0 heterocycles. The summed E-state index contributed by atoms with van der Waals surface area (Å²) in [6.07, 6.45) is -0.0309. The minimum atomic E-state index is -0.906. The first kappa shape index (κ1) is 11.6. The third-order valence-corrected chi connectivity index (χ3v) is 2.09. The zero-order valence-electron chi connectivity index (χ0n) is 8.64. The van der Waals surface area contributed by atoms with Crippen LogP contribution < -0.4 is 0 Å². The van der Waals surface area contributed by atoms with E-state index in [1.165, 1.54) is 13.0 Å². The van der Waals surface area contributed by atoms with Crippen LogP contribution in [-0.4, -0.2) is 12.6 Å². The van der Waals surface area contributed by atoms with E-state index in [9.17, 15) is 13.6 Å². The Balaban J connectivity index is 2.87. The molecule has 0 aliphatic carbocycles. The number of carbonyl (C=O) groups is 1. The Labute approximate surface area is 86.9 Å². The maximum Gasteiger partial charge on any atom is 0.310 e. The first-order valence-corrected chi connectivity index (χ1v) is 4.65. The summed E-state index contributed by atoms with van der Waals surface area (Å²) < 4.78 is 30.6. The van der Waals surface area contributed by atoms with Gasteiger partial charge in [-0.1, -0.05) is 6.07 Å². The van der Waals surface area contributed by atoms with Crippen LogP contribution in [-0.2, 0) is 16.0 Å². The third kappa shape index (κ3) is 2.75. The van der Waals surface area contributed by atoms with Gasteiger partial charge in [0.1, 0.15) is 0 Å². The molecular formula is C11H12F2O2. The second-order valence-electron chi connectivity index (χ2n) is 3.13. The third-order valence-electron chi connectivity index (χ3n) is 2.09. The number of halogens is 2. The molecule has 0 bridgehead atoms. The lowest BCUT2D eigenvalue weighted by Crippen LogP contribution is -2.09. The highest BCUT2D eigenvalue weighted by molar-refractivity contribution is 5.73. The molecule has 2 nitrogen and oxygen atoms in total. The van der Waals surface area contributed by atoms with E-state index in [0.717, 1.165) is 6.07 Å². The maximum absolute atomic E-state index is 13.1. The van der Waals surface area contributed by atoms with E-state index in [1.807, 2.05) is 0 Å². The molecule has 0 unspecified atom stereocenters. The first-order chi connectivity index (χ1) is 7.06. The van der Waals surface area contributed by atoms with Gasteiger partial charge in [0.15, 0.2) is 11.6 Å². The molecule has 4 heteroatoms. The van der Waals surface area contributed by atoms with Crippen LogP contribution in [0.15, 0.2) is 12.1 Å². The molecule has 82 valence electrons. The fourth-order valence-corrected chi connectivity index (χ4v) is 1.25. The van der Waals surface area contributed by atoms with Gasteiger partial charge in [-0.15, -0.1) is 0 Å². The highest BCUT2D eigenvalue weighted by atomic mass is 19.2. The molecule has 1 aromatic rings. The lowest BCUT2D eigenvalue weighted by atomic mass is 10.1. The van der Waals surface area contributed by atoms with Gasteiger partial charge in [-0.3, -0.25) is 4.79 Å². The summed E-state index contributed by atoms with van der Waals surface area (Å²) in [4.78, 5) is 11.1. The average Bonchev–Trinajstić information content (AvgIpc) is 2.20. The second-order valence-corrected chi connectivity index (χ2v) is 3.13. The van der Waals surface area contributed by atoms with Crippen molar-refractivity contribution < 1.29 is 18.3 Å². The SMILES string of the molecule is CCOC(=O)Cc1ccc(F)c(F)c1C. The molecule has 15 heavy (non-hydrogen) atoms. The number of esters is 1. The van der Waals surface area contributed by atoms with Gasteiger partial charge in [-0.25, -0.2) is 8.78 Å². The molecule has 1 aromatic carbocycles. The molecule has 0 saturated carbocycles. The molecule has 0 N–H and O–H groups in total. The Morgan fingerprint density at radius 1 is 1.40 bits per heavy atom. The van der Waals surface area contributed by atoms with Crippen molar-refractivity contribution in [3.05, 3.63) is 34.9 Å². The van der Waals surface area contributed by atoms with Crippen molar-refractivity contribution in [3.63, 3.8) is 0 Å². The highest BCUT2D eigenvalue weighted by Gasteiger charge is 2.12. The van der Waals surface area contributed by atoms with E-state index in [-0.39, 0.29) is 18.6 Å². The molecule has 0 amide bonds. The van der Waals surface area contributed by atoms with Crippen molar-refractivity contribution in [2.24, 2.45) is 0 Å². The maximum atomic E-state index is 13.1. The fourth-order valence-electron chi connectivity index (χ4n) is 1.25. The van der Waals surface area contributed by atoms with Crippen LogP contribution in [0.4, 0.5) is 8.78 Å². The first-order valence-electron chi connectivity index (χ1n) is 4.65. The number of hydrogen-bond acceptors (Lipinski definition) is 2. The zero-order valence-corrected chi connectivity index (χ0v) is 8.64. The number of benzene rings is 1. The normalized spacial score (nSPS) is 10.1. The van der Waals surface area contributed by atoms with E-state index in [0.29, 0.717) is 5.56 Å². The minimum absolute atomic E-state index is 0.0309. The lowest BCUT2D eigenvalue weighted by molar-refractivity contribution is -0.142. The Bertz CT molecular complexity index is 375. The Morgan fingerprint density at radius 3 is 2.67 bits per heavy atom. The highest BCUT2D eigenvalue weighted by Crippen LogP contribution is 2.16. The van der Waals surface area contributed by atoms with Crippen molar-refractivity contribution in [1.29, 1.82) is 0 Å². The van der Waals surface area contributed by atoms with Crippen molar-refractivity contribution in [3.8, 4) is 0 Å². The Kier molecular flexibility index (Phi) is 3.77. The topological polar surface area (TPSA) is 26.3 Å². The molecule has 0 fully saturated rings. The average molecular weight is 214 g/mol. The zero-order chi connectivity index (χ0) is 11.4. The molecule has 0 aromatic heterocycles. The van der Waals surface area contributed by atoms with Crippen LogP contribution in [0.25, 0.3) is 0 Å². The van der Waals surface area contributed by atoms with Crippen molar-refractivity contribution in [2.75, 3.05) is 6.61 Å². The predicted octanol–water partition coefficient (Wildman–Crippen LogP) is 2.38. The standard InChI is InChI=1S/C11H12F2O2/c1-3-15-10(14)6-8-4-5-9(12)11(13)7(8)2/h4-5H,3,6H2,1-2H3. The van der Waals surface area contributed by atoms with E-state index >= 15 is 0 Å². The molecule has 0 atom stereocenters. The second kappa shape index (κ2) is 4.87. The van der Waals surface area contributed by atoms with Crippen LogP contribution in [0.2, 0.25) is 0 Å². The van der Waals surface area contributed by atoms with Crippen LogP contribution in [0.1, 0.15) is 18.1 Å². The van der Waals surface area contributed by atoms with Crippen LogP contribution in [0.5, 0.6) is 0 Å². The number of hydrogen-bond donors (Lipinski definition) is 0. The van der Waals surface area contributed by atoms with Gasteiger partial charge >= 0.3 is 5.97 Å². The van der Waals surface area contributed by atoms with Crippen molar-refractivity contribution in [1.82, 2.24) is 0 Å². The van der Waals surface area contributed by atoms with Gasteiger partial charge in [0.2, 0.25) is 0 Å². The summed E-state index contributed by atoms with van der Waals surface area (Å²) in [6.45, 7) is 3.41. The summed E-state index contributed by atoms with van der Waals surface area (Å²) in [6, 6.07) is 2.40.